The van der Waals surface area contributed by atoms with E-state index in [1.807, 2.05) is 30.3 Å². The monoisotopic (exact) mass is 430 g/mol. The van der Waals surface area contributed by atoms with Crippen molar-refractivity contribution in [2.24, 2.45) is 0 Å². The lowest BCUT2D eigenvalue weighted by molar-refractivity contribution is 0.160. The van der Waals surface area contributed by atoms with Gasteiger partial charge in [-0.3, -0.25) is 4.57 Å². The smallest absolute Gasteiger partial charge is 0.339 e. The lowest BCUT2D eigenvalue weighted by Gasteiger charge is -2.16. The lowest BCUT2D eigenvalue weighted by atomic mass is 10.2. The molecule has 1 amide bonds. The summed E-state index contributed by atoms with van der Waals surface area (Å²) in [5.41, 5.74) is 7.21. The normalized spacial score (nSPS) is 11.2. The van der Waals surface area contributed by atoms with Crippen LogP contribution < -0.4 is 11.4 Å². The van der Waals surface area contributed by atoms with Crippen LogP contribution in [0.5, 0.6) is 0 Å². The van der Waals surface area contributed by atoms with Crippen molar-refractivity contribution in [3.8, 4) is 0 Å². The summed E-state index contributed by atoms with van der Waals surface area (Å²) in [5.74, 6) is 0.934. The quantitative estimate of drug-likeness (QED) is 0.431. The second-order valence-corrected chi connectivity index (χ2v) is 7.86. The molecule has 0 aliphatic heterocycles. The third-order valence-electron chi connectivity index (χ3n) is 4.54. The number of ether oxygens (including phenoxy) is 1. The number of anilines is 1. The topological polar surface area (TPSA) is 108 Å². The standard InChI is InChI=1S/C20H26N6O3S/c1-4-12-30-18-22-16(21)15-17(23-18)25(13-14-8-6-5-7-9-14)20(28)26(15)19(27)24(2)10-11-29-3/h5-9H,4,10-13H2,1-3H3,(H2,21,22,23). The van der Waals surface area contributed by atoms with E-state index in [1.165, 1.54) is 21.2 Å². The molecule has 2 heterocycles. The molecule has 0 fully saturated rings. The Balaban J connectivity index is 2.17. The van der Waals surface area contributed by atoms with E-state index in [4.69, 9.17) is 10.5 Å². The highest BCUT2D eigenvalue weighted by molar-refractivity contribution is 7.99. The number of nitrogen functional groups attached to an aromatic ring is 1. The number of aromatic nitrogens is 4. The Bertz CT molecular complexity index is 1080. The van der Waals surface area contributed by atoms with E-state index in [0.717, 1.165) is 22.3 Å². The van der Waals surface area contributed by atoms with Crippen molar-refractivity contribution < 1.29 is 9.53 Å². The second kappa shape index (κ2) is 9.77. The third kappa shape index (κ3) is 4.49. The maximum Gasteiger partial charge on any atom is 0.339 e. The third-order valence-corrected chi connectivity index (χ3v) is 5.59. The number of hydrogen-bond donors (Lipinski definition) is 1. The molecule has 2 N–H and O–H groups in total. The SMILES string of the molecule is CCCSc1nc(N)c2c(n1)n(Cc1ccccc1)c(=O)n2C(=O)N(C)CCOC. The number of benzene rings is 1. The van der Waals surface area contributed by atoms with Gasteiger partial charge in [0.1, 0.15) is 5.52 Å². The first kappa shape index (κ1) is 21.8. The summed E-state index contributed by atoms with van der Waals surface area (Å²) in [5, 5.41) is 0.487. The van der Waals surface area contributed by atoms with Gasteiger partial charge < -0.3 is 15.4 Å². The number of carbonyl (C=O) groups is 1. The minimum Gasteiger partial charge on any atom is -0.383 e. The number of nitrogens with zero attached hydrogens (tertiary/aromatic N) is 5. The average Bonchev–Trinajstić information content (AvgIpc) is 3.02. The molecule has 0 radical (unpaired) electrons. The fraction of sp³-hybridized carbons (Fsp3) is 0.400. The molecule has 0 aliphatic rings. The average molecular weight is 431 g/mol. The molecule has 3 aromatic rings. The molecular formula is C20H26N6O3S. The van der Waals surface area contributed by atoms with Gasteiger partial charge in [-0.25, -0.2) is 24.1 Å². The largest absolute Gasteiger partial charge is 0.383 e. The van der Waals surface area contributed by atoms with Gasteiger partial charge in [-0.2, -0.15) is 0 Å². The number of imidazole rings is 1. The van der Waals surface area contributed by atoms with E-state index in [2.05, 4.69) is 16.9 Å². The van der Waals surface area contributed by atoms with Crippen LogP contribution in [0.2, 0.25) is 0 Å². The van der Waals surface area contributed by atoms with Crippen LogP contribution in [-0.4, -0.2) is 63.1 Å². The summed E-state index contributed by atoms with van der Waals surface area (Å²) >= 11 is 1.47. The van der Waals surface area contributed by atoms with Gasteiger partial charge in [0.25, 0.3) is 0 Å². The molecule has 30 heavy (non-hydrogen) atoms. The second-order valence-electron chi connectivity index (χ2n) is 6.80. The maximum absolute atomic E-state index is 13.3. The zero-order valence-corrected chi connectivity index (χ0v) is 18.2. The molecule has 0 atom stereocenters. The van der Waals surface area contributed by atoms with Gasteiger partial charge in [0.15, 0.2) is 16.6 Å². The van der Waals surface area contributed by atoms with Gasteiger partial charge in [-0.1, -0.05) is 49.0 Å². The summed E-state index contributed by atoms with van der Waals surface area (Å²) in [4.78, 5) is 36.7. The first-order chi connectivity index (χ1) is 14.5. The number of methoxy groups -OCH3 is 1. The van der Waals surface area contributed by atoms with E-state index < -0.39 is 11.7 Å². The van der Waals surface area contributed by atoms with Gasteiger partial charge in [-0.05, 0) is 12.0 Å². The Morgan fingerprint density at radius 1 is 1.27 bits per heavy atom. The molecule has 160 valence electrons. The molecule has 2 aromatic heterocycles. The lowest BCUT2D eigenvalue weighted by Crippen LogP contribution is -2.39. The molecular weight excluding hydrogens is 404 g/mol. The van der Waals surface area contributed by atoms with Crippen LogP contribution in [-0.2, 0) is 11.3 Å². The van der Waals surface area contributed by atoms with Crippen molar-refractivity contribution in [2.45, 2.75) is 25.0 Å². The van der Waals surface area contributed by atoms with Crippen LogP contribution in [0.1, 0.15) is 18.9 Å². The molecule has 0 bridgehead atoms. The van der Waals surface area contributed by atoms with E-state index in [9.17, 15) is 9.59 Å². The highest BCUT2D eigenvalue weighted by Gasteiger charge is 2.25. The summed E-state index contributed by atoms with van der Waals surface area (Å²) in [6, 6.07) is 9.03. The molecule has 0 saturated heterocycles. The van der Waals surface area contributed by atoms with Crippen LogP contribution in [0.25, 0.3) is 11.2 Å². The van der Waals surface area contributed by atoms with Gasteiger partial charge in [0.2, 0.25) is 0 Å². The minimum atomic E-state index is -0.502. The number of hydrogen-bond acceptors (Lipinski definition) is 7. The van der Waals surface area contributed by atoms with Crippen molar-refractivity contribution in [3.05, 3.63) is 46.4 Å². The van der Waals surface area contributed by atoms with Gasteiger partial charge in [0.05, 0.1) is 13.2 Å². The van der Waals surface area contributed by atoms with E-state index in [1.54, 1.807) is 14.2 Å². The number of amides is 1. The number of thioether (sulfide) groups is 1. The van der Waals surface area contributed by atoms with Crippen LogP contribution >= 0.6 is 11.8 Å². The number of rotatable bonds is 8. The molecule has 3 rings (SSSR count). The van der Waals surface area contributed by atoms with Crippen LogP contribution in [0.3, 0.4) is 0 Å². The Morgan fingerprint density at radius 2 is 2.00 bits per heavy atom. The molecule has 9 nitrogen and oxygen atoms in total. The molecule has 0 spiro atoms. The number of likely N-dealkylation sites (N-methyl/N-ethyl adjacent to an activating group) is 1. The summed E-state index contributed by atoms with van der Waals surface area (Å²) < 4.78 is 7.56. The summed E-state index contributed by atoms with van der Waals surface area (Å²) in [6.45, 7) is 3.01. The highest BCUT2D eigenvalue weighted by atomic mass is 32.2. The van der Waals surface area contributed by atoms with Crippen LogP contribution in [0, 0.1) is 0 Å². The van der Waals surface area contributed by atoms with Crippen molar-refractivity contribution in [2.75, 3.05) is 38.8 Å². The minimum absolute atomic E-state index is 0.107. The zero-order chi connectivity index (χ0) is 21.7. The zero-order valence-electron chi connectivity index (χ0n) is 17.4. The van der Waals surface area contributed by atoms with E-state index in [0.29, 0.717) is 24.0 Å². The number of carbonyl (C=O) groups excluding carboxylic acids is 1. The van der Waals surface area contributed by atoms with Crippen molar-refractivity contribution in [3.63, 3.8) is 0 Å². The Labute approximate surface area is 178 Å². The Hall–Kier alpha value is -2.85. The van der Waals surface area contributed by atoms with Crippen LogP contribution in [0.4, 0.5) is 10.6 Å². The van der Waals surface area contributed by atoms with Gasteiger partial charge >= 0.3 is 11.7 Å². The van der Waals surface area contributed by atoms with E-state index >= 15 is 0 Å². The molecule has 0 saturated carbocycles. The van der Waals surface area contributed by atoms with Gasteiger partial charge in [-0.15, -0.1) is 0 Å². The summed E-state index contributed by atoms with van der Waals surface area (Å²) in [7, 11) is 3.16. The van der Waals surface area contributed by atoms with E-state index in [-0.39, 0.29) is 17.9 Å². The molecule has 0 aliphatic carbocycles. The summed E-state index contributed by atoms with van der Waals surface area (Å²) in [6.07, 6.45) is 0.951. The van der Waals surface area contributed by atoms with Crippen molar-refractivity contribution in [1.82, 2.24) is 24.0 Å². The first-order valence-corrected chi connectivity index (χ1v) is 10.7. The fourth-order valence-electron chi connectivity index (χ4n) is 2.99. The van der Waals surface area contributed by atoms with Gasteiger partial charge in [0, 0.05) is 26.5 Å². The highest BCUT2D eigenvalue weighted by Crippen LogP contribution is 2.23. The molecule has 1 aromatic carbocycles. The molecule has 0 unspecified atom stereocenters. The molecule has 10 heteroatoms. The number of fused-ring (bicyclic) bond motifs is 1. The van der Waals surface area contributed by atoms with Crippen molar-refractivity contribution >= 4 is 34.8 Å². The predicted octanol–water partition coefficient (Wildman–Crippen LogP) is 2.27. The fourth-order valence-corrected chi connectivity index (χ4v) is 3.69. The maximum atomic E-state index is 13.3. The van der Waals surface area contributed by atoms with Crippen molar-refractivity contribution in [1.29, 1.82) is 0 Å². The Morgan fingerprint density at radius 3 is 2.67 bits per heavy atom. The number of nitrogens with two attached hydrogens (primary N) is 1. The van der Waals surface area contributed by atoms with Crippen LogP contribution in [0.15, 0.2) is 40.3 Å². The first-order valence-electron chi connectivity index (χ1n) is 9.67. The predicted molar refractivity (Wildman–Crippen MR) is 118 cm³/mol. The Kier molecular flexibility index (Phi) is 7.11.